The van der Waals surface area contributed by atoms with E-state index < -0.39 is 4.92 Å². The average Bonchev–Trinajstić information content (AvgIpc) is 2.44. The minimum Gasteiger partial charge on any atom is -0.380 e. The normalized spacial score (nSPS) is 10.4. The molecule has 2 aromatic rings. The van der Waals surface area contributed by atoms with Crippen LogP contribution < -0.4 is 10.9 Å². The lowest BCUT2D eigenvalue weighted by Gasteiger charge is -2.09. The SMILES string of the molecule is CCNc1cc(Cn2cncc(Br)c2=O)ccc1[N+](=O)[O-]. The molecule has 0 aliphatic carbocycles. The molecule has 0 spiro atoms. The largest absolute Gasteiger partial charge is 0.380 e. The van der Waals surface area contributed by atoms with Crippen molar-refractivity contribution in [3.8, 4) is 0 Å². The Morgan fingerprint density at radius 2 is 2.24 bits per heavy atom. The fourth-order valence-corrected chi connectivity index (χ4v) is 2.25. The van der Waals surface area contributed by atoms with Crippen LogP contribution in [0.1, 0.15) is 12.5 Å². The summed E-state index contributed by atoms with van der Waals surface area (Å²) in [6.07, 6.45) is 2.86. The van der Waals surface area contributed by atoms with Crippen molar-refractivity contribution in [2.45, 2.75) is 13.5 Å². The number of nitrogens with zero attached hydrogens (tertiary/aromatic N) is 3. The van der Waals surface area contributed by atoms with Gasteiger partial charge in [0, 0.05) is 18.8 Å². The predicted octanol–water partition coefficient (Wildman–Crippen LogP) is 2.39. The Morgan fingerprint density at radius 1 is 1.48 bits per heavy atom. The Morgan fingerprint density at radius 3 is 2.90 bits per heavy atom. The summed E-state index contributed by atoms with van der Waals surface area (Å²) in [6, 6.07) is 4.74. The van der Waals surface area contributed by atoms with E-state index in [4.69, 9.17) is 0 Å². The van der Waals surface area contributed by atoms with Gasteiger partial charge in [0.2, 0.25) is 0 Å². The maximum absolute atomic E-state index is 11.9. The Bertz CT molecular complexity index is 730. The van der Waals surface area contributed by atoms with Gasteiger partial charge in [-0.2, -0.15) is 0 Å². The molecule has 1 aromatic carbocycles. The van der Waals surface area contributed by atoms with Crippen LogP contribution in [0.15, 0.2) is 40.0 Å². The first-order valence-corrected chi connectivity index (χ1v) is 7.03. The van der Waals surface area contributed by atoms with Gasteiger partial charge in [0.15, 0.2) is 0 Å². The van der Waals surface area contributed by atoms with E-state index >= 15 is 0 Å². The van der Waals surface area contributed by atoms with Crippen LogP contribution in [0, 0.1) is 10.1 Å². The van der Waals surface area contributed by atoms with Crippen molar-refractivity contribution in [1.82, 2.24) is 9.55 Å². The molecule has 21 heavy (non-hydrogen) atoms. The topological polar surface area (TPSA) is 90.1 Å². The number of rotatable bonds is 5. The average molecular weight is 353 g/mol. The Labute approximate surface area is 128 Å². The summed E-state index contributed by atoms with van der Waals surface area (Å²) in [5.41, 5.74) is 1.03. The molecular formula is C13H13BrN4O3. The highest BCUT2D eigenvalue weighted by Gasteiger charge is 2.14. The van der Waals surface area contributed by atoms with Gasteiger partial charge in [-0.05, 0) is 34.5 Å². The van der Waals surface area contributed by atoms with Crippen molar-refractivity contribution < 1.29 is 4.92 Å². The number of anilines is 1. The second kappa shape index (κ2) is 6.49. The summed E-state index contributed by atoms with van der Waals surface area (Å²) in [5.74, 6) is 0. The first kappa shape index (κ1) is 15.2. The number of hydrogen-bond acceptors (Lipinski definition) is 5. The van der Waals surface area contributed by atoms with E-state index in [9.17, 15) is 14.9 Å². The lowest BCUT2D eigenvalue weighted by atomic mass is 10.1. The second-order valence-electron chi connectivity index (χ2n) is 4.31. The van der Waals surface area contributed by atoms with Gasteiger partial charge in [0.25, 0.3) is 11.2 Å². The molecule has 0 fully saturated rings. The zero-order valence-electron chi connectivity index (χ0n) is 11.2. The van der Waals surface area contributed by atoms with E-state index in [-0.39, 0.29) is 11.2 Å². The van der Waals surface area contributed by atoms with Crippen LogP contribution in [0.2, 0.25) is 0 Å². The molecule has 8 heteroatoms. The van der Waals surface area contributed by atoms with Gasteiger partial charge < -0.3 is 5.32 Å². The fraction of sp³-hybridized carbons (Fsp3) is 0.231. The highest BCUT2D eigenvalue weighted by Crippen LogP contribution is 2.25. The maximum Gasteiger partial charge on any atom is 0.292 e. The Kier molecular flexibility index (Phi) is 4.69. The molecule has 1 aromatic heterocycles. The van der Waals surface area contributed by atoms with Crippen molar-refractivity contribution >= 4 is 27.3 Å². The van der Waals surface area contributed by atoms with Gasteiger partial charge in [-0.3, -0.25) is 19.5 Å². The summed E-state index contributed by atoms with van der Waals surface area (Å²) in [6.45, 7) is 2.73. The third-order valence-electron chi connectivity index (χ3n) is 2.84. The van der Waals surface area contributed by atoms with E-state index in [1.165, 1.54) is 23.2 Å². The minimum atomic E-state index is -0.436. The lowest BCUT2D eigenvalue weighted by Crippen LogP contribution is -2.21. The third kappa shape index (κ3) is 3.46. The molecule has 0 saturated heterocycles. The fourth-order valence-electron chi connectivity index (χ4n) is 1.91. The van der Waals surface area contributed by atoms with Crippen LogP contribution in [0.3, 0.4) is 0 Å². The van der Waals surface area contributed by atoms with Crippen molar-refractivity contribution in [3.63, 3.8) is 0 Å². The molecular weight excluding hydrogens is 340 g/mol. The number of benzene rings is 1. The van der Waals surface area contributed by atoms with Crippen molar-refractivity contribution in [1.29, 1.82) is 0 Å². The molecule has 0 aliphatic heterocycles. The number of aromatic nitrogens is 2. The Hall–Kier alpha value is -2.22. The molecule has 0 unspecified atom stereocenters. The first-order valence-electron chi connectivity index (χ1n) is 6.24. The highest BCUT2D eigenvalue weighted by molar-refractivity contribution is 9.10. The van der Waals surface area contributed by atoms with Crippen LogP contribution in [0.25, 0.3) is 0 Å². The van der Waals surface area contributed by atoms with Crippen LogP contribution in [0.4, 0.5) is 11.4 Å². The monoisotopic (exact) mass is 352 g/mol. The van der Waals surface area contributed by atoms with Gasteiger partial charge in [-0.15, -0.1) is 0 Å². The van der Waals surface area contributed by atoms with E-state index in [0.29, 0.717) is 23.2 Å². The van der Waals surface area contributed by atoms with Gasteiger partial charge in [-0.1, -0.05) is 6.07 Å². The highest BCUT2D eigenvalue weighted by atomic mass is 79.9. The van der Waals surface area contributed by atoms with E-state index in [0.717, 1.165) is 5.56 Å². The first-order chi connectivity index (χ1) is 10.0. The van der Waals surface area contributed by atoms with Gasteiger partial charge >= 0.3 is 0 Å². The van der Waals surface area contributed by atoms with Crippen molar-refractivity contribution in [3.05, 3.63) is 61.2 Å². The third-order valence-corrected chi connectivity index (χ3v) is 3.38. The molecule has 0 aliphatic rings. The zero-order chi connectivity index (χ0) is 15.4. The second-order valence-corrected chi connectivity index (χ2v) is 5.17. The summed E-state index contributed by atoms with van der Waals surface area (Å²) in [7, 11) is 0. The molecule has 7 nitrogen and oxygen atoms in total. The Balaban J connectivity index is 2.37. The number of halogens is 1. The quantitative estimate of drug-likeness (QED) is 0.659. The number of nitrogens with one attached hydrogen (secondary N) is 1. The van der Waals surface area contributed by atoms with Crippen molar-refractivity contribution in [2.75, 3.05) is 11.9 Å². The standard InChI is InChI=1S/C13H13BrN4O3/c1-2-16-11-5-9(3-4-12(11)18(20)21)7-17-8-15-6-10(14)13(17)19/h3-6,8,16H,2,7H2,1H3. The zero-order valence-corrected chi connectivity index (χ0v) is 12.8. The molecule has 0 atom stereocenters. The number of nitro benzene ring substituents is 1. The maximum atomic E-state index is 11.9. The van der Waals surface area contributed by atoms with Gasteiger partial charge in [0.05, 0.1) is 17.8 Å². The summed E-state index contributed by atoms with van der Waals surface area (Å²) >= 11 is 3.13. The molecule has 0 bridgehead atoms. The van der Waals surface area contributed by atoms with E-state index in [1.807, 2.05) is 6.92 Å². The van der Waals surface area contributed by atoms with E-state index in [1.54, 1.807) is 12.1 Å². The van der Waals surface area contributed by atoms with Crippen LogP contribution >= 0.6 is 15.9 Å². The number of hydrogen-bond donors (Lipinski definition) is 1. The molecule has 0 amide bonds. The van der Waals surface area contributed by atoms with Gasteiger partial charge in [-0.25, -0.2) is 4.98 Å². The van der Waals surface area contributed by atoms with Crippen LogP contribution in [-0.2, 0) is 6.54 Å². The molecule has 1 N–H and O–H groups in total. The minimum absolute atomic E-state index is 0.0142. The summed E-state index contributed by atoms with van der Waals surface area (Å²) in [4.78, 5) is 26.4. The van der Waals surface area contributed by atoms with Crippen LogP contribution in [-0.4, -0.2) is 21.0 Å². The molecule has 2 rings (SSSR count). The molecule has 0 saturated carbocycles. The summed E-state index contributed by atoms with van der Waals surface area (Å²) in [5, 5.41) is 13.9. The molecule has 110 valence electrons. The summed E-state index contributed by atoms with van der Waals surface area (Å²) < 4.78 is 1.81. The smallest absolute Gasteiger partial charge is 0.292 e. The molecule has 0 radical (unpaired) electrons. The number of nitro groups is 1. The van der Waals surface area contributed by atoms with Gasteiger partial charge in [0.1, 0.15) is 10.2 Å². The lowest BCUT2D eigenvalue weighted by molar-refractivity contribution is -0.384. The predicted molar refractivity (Wildman–Crippen MR) is 82.6 cm³/mol. The van der Waals surface area contributed by atoms with Crippen molar-refractivity contribution in [2.24, 2.45) is 0 Å². The molecule has 1 heterocycles. The van der Waals surface area contributed by atoms with E-state index in [2.05, 4.69) is 26.2 Å². The van der Waals surface area contributed by atoms with Crippen LogP contribution in [0.5, 0.6) is 0 Å².